The topological polar surface area (TPSA) is 62.3 Å². The molecule has 4 rings (SSSR count). The van der Waals surface area contributed by atoms with E-state index in [2.05, 4.69) is 9.55 Å². The lowest BCUT2D eigenvalue weighted by atomic mass is 10.2. The molecule has 150 valence electrons. The van der Waals surface area contributed by atoms with Gasteiger partial charge in [-0.2, -0.15) is 0 Å². The highest BCUT2D eigenvalue weighted by atomic mass is 35.5. The maximum atomic E-state index is 6.13. The molecule has 0 atom stereocenters. The number of rotatable bonds is 8. The Morgan fingerprint density at radius 1 is 1.10 bits per heavy atom. The van der Waals surface area contributed by atoms with Crippen molar-refractivity contribution < 1.29 is 13.9 Å². The summed E-state index contributed by atoms with van der Waals surface area (Å²) < 4.78 is 18.2. The Labute approximate surface area is 177 Å². The largest absolute Gasteiger partial charge is 0.497 e. The first-order chi connectivity index (χ1) is 14.2. The highest BCUT2D eigenvalue weighted by Gasteiger charge is 2.14. The lowest BCUT2D eigenvalue weighted by molar-refractivity contribution is 0.186. The molecule has 0 bridgehead atoms. The average Bonchev–Trinajstić information content (AvgIpc) is 3.35. The Morgan fingerprint density at radius 3 is 2.69 bits per heavy atom. The number of nitrogens with zero attached hydrogens (tertiary/aromatic N) is 3. The number of hydrogen-bond acceptors (Lipinski definition) is 6. The van der Waals surface area contributed by atoms with Crippen LogP contribution in [0, 0.1) is 0 Å². The van der Waals surface area contributed by atoms with E-state index in [1.165, 1.54) is 0 Å². The van der Waals surface area contributed by atoms with Gasteiger partial charge in [0.1, 0.15) is 12.0 Å². The van der Waals surface area contributed by atoms with Crippen molar-refractivity contribution in [2.24, 2.45) is 0 Å². The van der Waals surface area contributed by atoms with Crippen molar-refractivity contribution in [1.29, 1.82) is 0 Å². The number of aromatic nitrogens is 3. The molecular formula is C21H20ClN3O3S. The molecule has 0 amide bonds. The predicted octanol–water partition coefficient (Wildman–Crippen LogP) is 5.29. The Bertz CT molecular complexity index is 1110. The van der Waals surface area contributed by atoms with E-state index in [1.807, 2.05) is 42.5 Å². The minimum atomic E-state index is 0.586. The van der Waals surface area contributed by atoms with Gasteiger partial charge >= 0.3 is 0 Å². The van der Waals surface area contributed by atoms with Gasteiger partial charge in [0.15, 0.2) is 5.16 Å². The van der Waals surface area contributed by atoms with Crippen LogP contribution in [0.2, 0.25) is 5.02 Å². The highest BCUT2D eigenvalue weighted by molar-refractivity contribution is 7.98. The fraction of sp³-hybridized carbons (Fsp3) is 0.238. The summed E-state index contributed by atoms with van der Waals surface area (Å²) in [5.41, 5.74) is 3.66. The summed E-state index contributed by atoms with van der Waals surface area (Å²) in [5.74, 6) is 2.03. The highest BCUT2D eigenvalue weighted by Crippen LogP contribution is 2.29. The Balaban J connectivity index is 1.52. The van der Waals surface area contributed by atoms with Gasteiger partial charge in [-0.05, 0) is 42.5 Å². The number of benzene rings is 2. The zero-order valence-corrected chi connectivity index (χ0v) is 17.7. The molecule has 0 aliphatic rings. The van der Waals surface area contributed by atoms with Crippen LogP contribution >= 0.6 is 23.4 Å². The van der Waals surface area contributed by atoms with E-state index in [-0.39, 0.29) is 0 Å². The third kappa shape index (κ3) is 4.42. The third-order valence-electron chi connectivity index (χ3n) is 4.43. The van der Waals surface area contributed by atoms with Gasteiger partial charge in [0.05, 0.1) is 30.4 Å². The lowest BCUT2D eigenvalue weighted by Gasteiger charge is -2.07. The van der Waals surface area contributed by atoms with E-state index in [0.29, 0.717) is 29.8 Å². The summed E-state index contributed by atoms with van der Waals surface area (Å²) in [6.45, 7) is 1.32. The van der Waals surface area contributed by atoms with Gasteiger partial charge in [0, 0.05) is 30.0 Å². The molecule has 2 aromatic carbocycles. The predicted molar refractivity (Wildman–Crippen MR) is 115 cm³/mol. The molecule has 29 heavy (non-hydrogen) atoms. The molecular weight excluding hydrogens is 410 g/mol. The summed E-state index contributed by atoms with van der Waals surface area (Å²) >= 11 is 7.73. The van der Waals surface area contributed by atoms with Gasteiger partial charge in [-0.1, -0.05) is 23.4 Å². The molecule has 8 heteroatoms. The average molecular weight is 430 g/mol. The first kappa shape index (κ1) is 19.8. The van der Waals surface area contributed by atoms with Gasteiger partial charge in [-0.3, -0.25) is 0 Å². The number of imidazole rings is 1. The number of oxazole rings is 1. The normalized spacial score (nSPS) is 11.3. The van der Waals surface area contributed by atoms with E-state index in [4.69, 9.17) is 30.5 Å². The number of methoxy groups -OCH3 is 2. The summed E-state index contributed by atoms with van der Waals surface area (Å²) in [6, 6.07) is 13.4. The van der Waals surface area contributed by atoms with Crippen molar-refractivity contribution in [1.82, 2.24) is 14.5 Å². The number of hydrogen-bond donors (Lipinski definition) is 0. The lowest BCUT2D eigenvalue weighted by Crippen LogP contribution is -2.05. The van der Waals surface area contributed by atoms with Crippen LogP contribution < -0.4 is 4.74 Å². The third-order valence-corrected chi connectivity index (χ3v) is 5.68. The number of halogens is 1. The van der Waals surface area contributed by atoms with E-state index >= 15 is 0 Å². The molecule has 0 aliphatic heterocycles. The van der Waals surface area contributed by atoms with E-state index < -0.39 is 0 Å². The molecule has 0 unspecified atom stereocenters. The minimum Gasteiger partial charge on any atom is -0.497 e. The van der Waals surface area contributed by atoms with Crippen molar-refractivity contribution in [3.8, 4) is 17.2 Å². The molecule has 0 radical (unpaired) electrons. The first-order valence-electron chi connectivity index (χ1n) is 9.04. The number of ether oxygens (including phenoxy) is 2. The van der Waals surface area contributed by atoms with Crippen molar-refractivity contribution in [2.75, 3.05) is 20.8 Å². The molecule has 2 aromatic heterocycles. The van der Waals surface area contributed by atoms with Crippen LogP contribution in [0.1, 0.15) is 5.69 Å². The number of fused-ring (bicyclic) bond motifs is 1. The zero-order valence-electron chi connectivity index (χ0n) is 16.1. The van der Waals surface area contributed by atoms with Crippen molar-refractivity contribution in [3.63, 3.8) is 0 Å². The quantitative estimate of drug-likeness (QED) is 0.354. The molecule has 0 saturated carbocycles. The van der Waals surface area contributed by atoms with Gasteiger partial charge in [0.25, 0.3) is 0 Å². The molecule has 0 fully saturated rings. The summed E-state index contributed by atoms with van der Waals surface area (Å²) in [6.07, 6.45) is 1.69. The fourth-order valence-electron chi connectivity index (χ4n) is 2.97. The molecule has 0 aliphatic carbocycles. The summed E-state index contributed by atoms with van der Waals surface area (Å²) in [5, 5.41) is 1.57. The Morgan fingerprint density at radius 2 is 1.93 bits per heavy atom. The molecule has 2 heterocycles. The zero-order chi connectivity index (χ0) is 20.2. The molecule has 0 saturated heterocycles. The number of thioether (sulfide) groups is 1. The minimum absolute atomic E-state index is 0.586. The summed E-state index contributed by atoms with van der Waals surface area (Å²) in [4.78, 5) is 9.34. The summed E-state index contributed by atoms with van der Waals surface area (Å²) in [7, 11) is 3.34. The van der Waals surface area contributed by atoms with Crippen LogP contribution in [-0.4, -0.2) is 35.4 Å². The standard InChI is InChI=1S/C21H20ClN3O3S/c1-26-10-9-25-19-8-5-15(22)11-18(19)24-21(25)29-13-16-12-28-20(23-16)14-3-6-17(27-2)7-4-14/h3-8,11-12H,9-10,13H2,1-2H3. The maximum Gasteiger partial charge on any atom is 0.226 e. The van der Waals surface area contributed by atoms with E-state index in [0.717, 1.165) is 33.2 Å². The van der Waals surface area contributed by atoms with E-state index in [1.54, 1.807) is 32.2 Å². The van der Waals surface area contributed by atoms with Gasteiger partial charge in [-0.15, -0.1) is 0 Å². The molecule has 0 N–H and O–H groups in total. The van der Waals surface area contributed by atoms with Crippen molar-refractivity contribution in [3.05, 3.63) is 59.4 Å². The maximum absolute atomic E-state index is 6.13. The molecule has 4 aromatic rings. The first-order valence-corrected chi connectivity index (χ1v) is 10.4. The second-order valence-corrected chi connectivity index (χ2v) is 7.71. The van der Waals surface area contributed by atoms with Crippen molar-refractivity contribution >= 4 is 34.4 Å². The van der Waals surface area contributed by atoms with Crippen LogP contribution in [-0.2, 0) is 17.0 Å². The second-order valence-electron chi connectivity index (χ2n) is 6.33. The van der Waals surface area contributed by atoms with Crippen LogP contribution in [0.3, 0.4) is 0 Å². The van der Waals surface area contributed by atoms with Crippen molar-refractivity contribution in [2.45, 2.75) is 17.5 Å². The second kappa shape index (κ2) is 8.90. The van der Waals surface area contributed by atoms with Crippen LogP contribution in [0.15, 0.2) is 58.3 Å². The molecule has 0 spiro atoms. The molecule has 6 nitrogen and oxygen atoms in total. The van der Waals surface area contributed by atoms with Gasteiger partial charge < -0.3 is 18.5 Å². The van der Waals surface area contributed by atoms with Crippen LogP contribution in [0.4, 0.5) is 0 Å². The Kier molecular flexibility index (Phi) is 6.08. The monoisotopic (exact) mass is 429 g/mol. The van der Waals surface area contributed by atoms with Crippen LogP contribution in [0.5, 0.6) is 5.75 Å². The van der Waals surface area contributed by atoms with Gasteiger partial charge in [0.2, 0.25) is 5.89 Å². The fourth-order valence-corrected chi connectivity index (χ4v) is 4.05. The smallest absolute Gasteiger partial charge is 0.226 e. The van der Waals surface area contributed by atoms with Crippen LogP contribution in [0.25, 0.3) is 22.5 Å². The van der Waals surface area contributed by atoms with E-state index in [9.17, 15) is 0 Å². The SMILES string of the molecule is COCCn1c(SCc2coc(-c3ccc(OC)cc3)n2)nc2cc(Cl)ccc21. The Hall–Kier alpha value is -2.48. The van der Waals surface area contributed by atoms with Gasteiger partial charge in [-0.25, -0.2) is 9.97 Å².